The van der Waals surface area contributed by atoms with Crippen molar-refractivity contribution < 1.29 is 14.4 Å². The standard InChI is InChI=1S/C6H12N2O2S/c1-4-8(3,6(9)10)5(11)7-2/h4H2,1-3H3,(H-,7,9,10,11)/p+1. The first kappa shape index (κ1) is 10.3. The summed E-state index contributed by atoms with van der Waals surface area (Å²) in [6.07, 6.45) is -0.938. The maximum Gasteiger partial charge on any atom is 0.520 e. The highest BCUT2D eigenvalue weighted by Crippen LogP contribution is 2.03. The van der Waals surface area contributed by atoms with Crippen molar-refractivity contribution in [2.45, 2.75) is 6.92 Å². The number of amides is 1. The molecule has 5 heteroatoms. The molecule has 0 spiro atoms. The van der Waals surface area contributed by atoms with Crippen molar-refractivity contribution in [3.63, 3.8) is 0 Å². The third-order valence-corrected chi connectivity index (χ3v) is 2.32. The molecule has 0 aliphatic heterocycles. The highest BCUT2D eigenvalue weighted by molar-refractivity contribution is 7.79. The Kier molecular flexibility index (Phi) is 3.41. The van der Waals surface area contributed by atoms with Gasteiger partial charge in [-0.15, -0.1) is 0 Å². The molecule has 11 heavy (non-hydrogen) atoms. The Morgan fingerprint density at radius 2 is 2.18 bits per heavy atom. The maximum atomic E-state index is 10.7. The van der Waals surface area contributed by atoms with E-state index in [9.17, 15) is 4.79 Å². The third-order valence-electron chi connectivity index (χ3n) is 1.72. The molecule has 0 heterocycles. The molecule has 0 aromatic carbocycles. The number of rotatable bonds is 1. The van der Waals surface area contributed by atoms with E-state index in [-0.39, 0.29) is 4.48 Å². The van der Waals surface area contributed by atoms with Crippen LogP contribution in [0.4, 0.5) is 4.79 Å². The van der Waals surface area contributed by atoms with Gasteiger partial charge in [-0.3, -0.25) is 0 Å². The zero-order valence-corrected chi connectivity index (χ0v) is 7.73. The minimum atomic E-state index is -0.938. The van der Waals surface area contributed by atoms with Crippen LogP contribution in [0, 0.1) is 0 Å². The van der Waals surface area contributed by atoms with Crippen LogP contribution >= 0.6 is 12.2 Å². The van der Waals surface area contributed by atoms with Crippen molar-refractivity contribution in [2.75, 3.05) is 20.6 Å². The molecule has 1 unspecified atom stereocenters. The lowest BCUT2D eigenvalue weighted by molar-refractivity contribution is -0.741. The average Bonchev–Trinajstić information content (AvgIpc) is 2.01. The summed E-state index contributed by atoms with van der Waals surface area (Å²) in [7, 11) is 3.18. The Bertz CT molecular complexity index is 183. The first-order valence-corrected chi connectivity index (χ1v) is 3.71. The number of carboxylic acid groups (broad SMARTS) is 1. The van der Waals surface area contributed by atoms with E-state index in [4.69, 9.17) is 17.3 Å². The van der Waals surface area contributed by atoms with Gasteiger partial charge >= 0.3 is 6.09 Å². The zero-order valence-electron chi connectivity index (χ0n) is 6.92. The number of thiocarbonyl (C=S) groups is 1. The second kappa shape index (κ2) is 3.64. The summed E-state index contributed by atoms with van der Waals surface area (Å²) in [5.41, 5.74) is 0. The lowest BCUT2D eigenvalue weighted by atomic mass is 10.5. The van der Waals surface area contributed by atoms with Gasteiger partial charge in [-0.05, 0) is 6.92 Å². The fourth-order valence-electron chi connectivity index (χ4n) is 0.612. The fourth-order valence-corrected chi connectivity index (χ4v) is 0.820. The Hall–Kier alpha value is -0.680. The van der Waals surface area contributed by atoms with Gasteiger partial charge in [0.2, 0.25) is 0 Å². The Morgan fingerprint density at radius 1 is 1.73 bits per heavy atom. The van der Waals surface area contributed by atoms with E-state index in [0.717, 1.165) is 0 Å². The molecule has 0 saturated heterocycles. The van der Waals surface area contributed by atoms with Gasteiger partial charge in [0, 0.05) is 19.3 Å². The smallest absolute Gasteiger partial charge is 0.435 e. The number of quaternary nitrogens is 1. The van der Waals surface area contributed by atoms with Crippen molar-refractivity contribution in [1.29, 1.82) is 0 Å². The van der Waals surface area contributed by atoms with Crippen LogP contribution in [0.2, 0.25) is 0 Å². The molecule has 0 aromatic heterocycles. The van der Waals surface area contributed by atoms with E-state index in [1.807, 2.05) is 0 Å². The lowest BCUT2D eigenvalue weighted by Gasteiger charge is -2.25. The number of hydrogen-bond acceptors (Lipinski definition) is 2. The quantitative estimate of drug-likeness (QED) is 0.456. The van der Waals surface area contributed by atoms with Crippen LogP contribution in [0.3, 0.4) is 0 Å². The average molecular weight is 177 g/mol. The van der Waals surface area contributed by atoms with Crippen LogP contribution < -0.4 is 5.32 Å². The Morgan fingerprint density at radius 3 is 2.27 bits per heavy atom. The van der Waals surface area contributed by atoms with E-state index >= 15 is 0 Å². The van der Waals surface area contributed by atoms with Crippen LogP contribution in [-0.4, -0.2) is 41.4 Å². The largest absolute Gasteiger partial charge is 0.520 e. The molecule has 0 bridgehead atoms. The molecule has 1 atom stereocenters. The van der Waals surface area contributed by atoms with Gasteiger partial charge in [-0.2, -0.15) is 9.28 Å². The van der Waals surface area contributed by atoms with Crippen LogP contribution in [0.1, 0.15) is 6.92 Å². The maximum absolute atomic E-state index is 10.7. The minimum absolute atomic E-state index is 0.258. The molecule has 0 rings (SSSR count). The molecule has 1 amide bonds. The van der Waals surface area contributed by atoms with E-state index in [1.54, 1.807) is 21.0 Å². The predicted molar refractivity (Wildman–Crippen MR) is 46.4 cm³/mol. The Balaban J connectivity index is 4.59. The normalized spacial score (nSPS) is 15.2. The number of nitrogens with zero attached hydrogens (tertiary/aromatic N) is 1. The molecule has 0 aromatic rings. The summed E-state index contributed by atoms with van der Waals surface area (Å²) in [5, 5.41) is 11.8. The highest BCUT2D eigenvalue weighted by Gasteiger charge is 2.34. The molecular formula is C6H13N2O2S+. The van der Waals surface area contributed by atoms with Crippen molar-refractivity contribution in [1.82, 2.24) is 5.32 Å². The minimum Gasteiger partial charge on any atom is -0.435 e. The molecule has 0 radical (unpaired) electrons. The molecule has 4 nitrogen and oxygen atoms in total. The number of carbonyl (C=O) groups is 1. The number of nitrogens with one attached hydrogen (secondary N) is 1. The van der Waals surface area contributed by atoms with Crippen molar-refractivity contribution in [2.24, 2.45) is 0 Å². The molecule has 0 saturated carbocycles. The molecule has 64 valence electrons. The Labute approximate surface area is 71.4 Å². The van der Waals surface area contributed by atoms with Gasteiger partial charge in [0.05, 0.1) is 13.6 Å². The fraction of sp³-hybridized carbons (Fsp3) is 0.667. The summed E-state index contributed by atoms with van der Waals surface area (Å²) < 4.78 is -0.258. The van der Waals surface area contributed by atoms with Gasteiger partial charge in [-0.25, -0.2) is 0 Å². The van der Waals surface area contributed by atoms with Gasteiger partial charge in [-0.1, -0.05) is 0 Å². The second-order valence-corrected chi connectivity index (χ2v) is 2.73. The molecular weight excluding hydrogens is 164 g/mol. The van der Waals surface area contributed by atoms with Gasteiger partial charge in [0.25, 0.3) is 5.11 Å². The molecule has 0 fully saturated rings. The van der Waals surface area contributed by atoms with Crippen molar-refractivity contribution >= 4 is 23.4 Å². The zero-order chi connectivity index (χ0) is 9.07. The molecule has 0 aliphatic rings. The van der Waals surface area contributed by atoms with Crippen LogP contribution in [0.15, 0.2) is 0 Å². The summed E-state index contributed by atoms with van der Waals surface area (Å²) in [5.74, 6) is 0. The van der Waals surface area contributed by atoms with Gasteiger partial charge < -0.3 is 10.4 Å². The topological polar surface area (TPSA) is 49.3 Å². The van der Waals surface area contributed by atoms with Crippen LogP contribution in [0.5, 0.6) is 0 Å². The predicted octanol–water partition coefficient (Wildman–Crippen LogP) is 0.635. The number of hydrogen-bond donors (Lipinski definition) is 2. The van der Waals surface area contributed by atoms with Crippen LogP contribution in [-0.2, 0) is 0 Å². The van der Waals surface area contributed by atoms with Crippen LogP contribution in [0.25, 0.3) is 0 Å². The van der Waals surface area contributed by atoms with Crippen molar-refractivity contribution in [3.8, 4) is 0 Å². The van der Waals surface area contributed by atoms with Crippen molar-refractivity contribution in [3.05, 3.63) is 0 Å². The summed E-state index contributed by atoms with van der Waals surface area (Å²) in [6.45, 7) is 2.22. The van der Waals surface area contributed by atoms with E-state index in [1.165, 1.54) is 0 Å². The van der Waals surface area contributed by atoms with E-state index in [2.05, 4.69) is 5.32 Å². The molecule has 0 aliphatic carbocycles. The lowest BCUT2D eigenvalue weighted by Crippen LogP contribution is -2.56. The monoisotopic (exact) mass is 177 g/mol. The highest BCUT2D eigenvalue weighted by atomic mass is 32.1. The second-order valence-electron chi connectivity index (χ2n) is 2.35. The SMILES string of the molecule is CC[N+](C)(C(=O)O)C(=S)NC. The van der Waals surface area contributed by atoms with Gasteiger partial charge in [0.15, 0.2) is 0 Å². The summed E-state index contributed by atoms with van der Waals surface area (Å²) >= 11 is 4.85. The summed E-state index contributed by atoms with van der Waals surface area (Å²) in [6, 6.07) is 0. The first-order chi connectivity index (χ1) is 4.99. The van der Waals surface area contributed by atoms with E-state index < -0.39 is 6.09 Å². The van der Waals surface area contributed by atoms with E-state index in [0.29, 0.717) is 11.7 Å². The third kappa shape index (κ3) is 1.87. The molecule has 2 N–H and O–H groups in total. The summed E-state index contributed by atoms with van der Waals surface area (Å²) in [4.78, 5) is 10.7. The first-order valence-electron chi connectivity index (χ1n) is 3.30. The van der Waals surface area contributed by atoms with Gasteiger partial charge in [0.1, 0.15) is 0 Å².